The molecule has 0 bridgehead atoms. The van der Waals surface area contributed by atoms with Crippen LogP contribution in [0.3, 0.4) is 0 Å². The number of nitrogens with zero attached hydrogens (tertiary/aromatic N) is 1. The van der Waals surface area contributed by atoms with Gasteiger partial charge in [0.2, 0.25) is 0 Å². The highest BCUT2D eigenvalue weighted by molar-refractivity contribution is 6.12. The molecule has 0 saturated heterocycles. The molecule has 4 rings (SSSR count). The van der Waals surface area contributed by atoms with Crippen molar-refractivity contribution in [3.05, 3.63) is 102 Å². The minimum atomic E-state index is -0.303. The van der Waals surface area contributed by atoms with Crippen LogP contribution in [-0.2, 0) is 6.54 Å². The van der Waals surface area contributed by atoms with Gasteiger partial charge in [-0.1, -0.05) is 62.4 Å². The van der Waals surface area contributed by atoms with Gasteiger partial charge in [-0.3, -0.25) is 4.79 Å². The number of nitrogens with two attached hydrogens (primary N) is 1. The third kappa shape index (κ3) is 4.59. The summed E-state index contributed by atoms with van der Waals surface area (Å²) >= 11 is 0. The van der Waals surface area contributed by atoms with Gasteiger partial charge in [0.1, 0.15) is 5.82 Å². The molecular formula is C28H28FN3O. The number of hydrogen-bond acceptors (Lipinski definition) is 2. The summed E-state index contributed by atoms with van der Waals surface area (Å²) in [6, 6.07) is 25.7. The van der Waals surface area contributed by atoms with Crippen molar-refractivity contribution in [3.63, 3.8) is 0 Å². The summed E-state index contributed by atoms with van der Waals surface area (Å²) in [6.07, 6.45) is 0. The van der Waals surface area contributed by atoms with Crippen molar-refractivity contribution in [1.82, 2.24) is 4.57 Å². The molecule has 3 N–H and O–H groups in total. The lowest BCUT2D eigenvalue weighted by atomic mass is 9.94. The van der Waals surface area contributed by atoms with Crippen molar-refractivity contribution < 1.29 is 9.18 Å². The molecule has 3 aromatic carbocycles. The molecule has 0 aliphatic rings. The second-order valence-electron chi connectivity index (χ2n) is 8.27. The molecule has 1 aromatic heterocycles. The Morgan fingerprint density at radius 3 is 2.09 bits per heavy atom. The average molecular weight is 442 g/mol. The van der Waals surface area contributed by atoms with Crippen molar-refractivity contribution in [2.75, 3.05) is 11.9 Å². The van der Waals surface area contributed by atoms with E-state index in [9.17, 15) is 9.18 Å². The van der Waals surface area contributed by atoms with Crippen LogP contribution in [0.1, 0.15) is 35.8 Å². The lowest BCUT2D eigenvalue weighted by Crippen LogP contribution is -2.18. The van der Waals surface area contributed by atoms with E-state index in [1.165, 1.54) is 12.1 Å². The van der Waals surface area contributed by atoms with Crippen LogP contribution in [0.4, 0.5) is 10.1 Å². The Balaban J connectivity index is 2.04. The zero-order chi connectivity index (χ0) is 23.4. The van der Waals surface area contributed by atoms with Crippen molar-refractivity contribution in [2.24, 2.45) is 5.73 Å². The van der Waals surface area contributed by atoms with E-state index in [-0.39, 0.29) is 17.6 Å². The number of para-hydroxylation sites is 1. The van der Waals surface area contributed by atoms with Crippen LogP contribution < -0.4 is 11.1 Å². The summed E-state index contributed by atoms with van der Waals surface area (Å²) < 4.78 is 15.9. The molecule has 0 spiro atoms. The van der Waals surface area contributed by atoms with Gasteiger partial charge in [0.25, 0.3) is 5.91 Å². The lowest BCUT2D eigenvalue weighted by Gasteiger charge is -2.16. The zero-order valence-electron chi connectivity index (χ0n) is 18.9. The molecular weight excluding hydrogens is 413 g/mol. The third-order valence-electron chi connectivity index (χ3n) is 5.64. The zero-order valence-corrected chi connectivity index (χ0v) is 18.9. The van der Waals surface area contributed by atoms with Gasteiger partial charge >= 0.3 is 0 Å². The second-order valence-corrected chi connectivity index (χ2v) is 8.27. The number of anilines is 1. The number of halogens is 1. The predicted octanol–water partition coefficient (Wildman–Crippen LogP) is 6.30. The van der Waals surface area contributed by atoms with Crippen molar-refractivity contribution in [1.29, 1.82) is 0 Å². The number of carbonyl (C=O) groups excluding carboxylic acids is 1. The first-order valence-corrected chi connectivity index (χ1v) is 11.2. The quantitative estimate of drug-likeness (QED) is 0.354. The minimum Gasteiger partial charge on any atom is -0.342 e. The molecule has 33 heavy (non-hydrogen) atoms. The summed E-state index contributed by atoms with van der Waals surface area (Å²) in [5.41, 5.74) is 11.7. The van der Waals surface area contributed by atoms with E-state index < -0.39 is 0 Å². The highest BCUT2D eigenvalue weighted by Crippen LogP contribution is 2.42. The Kier molecular flexibility index (Phi) is 6.71. The monoisotopic (exact) mass is 441 g/mol. The summed E-state index contributed by atoms with van der Waals surface area (Å²) in [5, 5.41) is 3.06. The van der Waals surface area contributed by atoms with E-state index in [0.717, 1.165) is 33.8 Å². The standard InChI is InChI=1S/C28H28FN3O/c1-19(2)26-25(28(33)31-23-11-7-4-8-12-23)24(20-9-5-3-6-10-20)27(32(26)18-17-30)21-13-15-22(29)16-14-21/h3-16,19H,17-18,30H2,1-2H3,(H,31,33). The van der Waals surface area contributed by atoms with Gasteiger partial charge in [0.05, 0.1) is 11.3 Å². The van der Waals surface area contributed by atoms with Crippen molar-refractivity contribution in [2.45, 2.75) is 26.3 Å². The van der Waals surface area contributed by atoms with Gasteiger partial charge in [0.15, 0.2) is 0 Å². The van der Waals surface area contributed by atoms with Gasteiger partial charge in [-0.15, -0.1) is 0 Å². The molecule has 4 aromatic rings. The summed E-state index contributed by atoms with van der Waals surface area (Å²) in [5.74, 6) is -0.421. The van der Waals surface area contributed by atoms with Gasteiger partial charge < -0.3 is 15.6 Å². The number of nitrogens with one attached hydrogen (secondary N) is 1. The Morgan fingerprint density at radius 2 is 1.52 bits per heavy atom. The van der Waals surface area contributed by atoms with E-state index in [1.807, 2.05) is 60.7 Å². The fraction of sp³-hybridized carbons (Fsp3) is 0.179. The molecule has 0 radical (unpaired) electrons. The molecule has 1 heterocycles. The fourth-order valence-corrected chi connectivity index (χ4v) is 4.34. The maximum Gasteiger partial charge on any atom is 0.258 e. The van der Waals surface area contributed by atoms with Crippen LogP contribution in [0.2, 0.25) is 0 Å². The largest absolute Gasteiger partial charge is 0.342 e. The van der Waals surface area contributed by atoms with Gasteiger partial charge in [-0.2, -0.15) is 0 Å². The van der Waals surface area contributed by atoms with Gasteiger partial charge in [-0.25, -0.2) is 4.39 Å². The Morgan fingerprint density at radius 1 is 0.909 bits per heavy atom. The maximum atomic E-state index is 13.8. The molecule has 0 aliphatic carbocycles. The molecule has 0 unspecified atom stereocenters. The van der Waals surface area contributed by atoms with Crippen LogP contribution in [0.25, 0.3) is 22.4 Å². The molecule has 0 saturated carbocycles. The van der Waals surface area contributed by atoms with Gasteiger partial charge in [0, 0.05) is 30.0 Å². The number of rotatable bonds is 7. The first kappa shape index (κ1) is 22.5. The molecule has 1 amide bonds. The molecule has 4 nitrogen and oxygen atoms in total. The van der Waals surface area contributed by atoms with Crippen LogP contribution >= 0.6 is 0 Å². The average Bonchev–Trinajstić information content (AvgIpc) is 3.16. The van der Waals surface area contributed by atoms with Crippen LogP contribution in [0, 0.1) is 5.82 Å². The lowest BCUT2D eigenvalue weighted by molar-refractivity contribution is 0.102. The summed E-state index contributed by atoms with van der Waals surface area (Å²) in [7, 11) is 0. The molecule has 0 fully saturated rings. The Bertz CT molecular complexity index is 1230. The van der Waals surface area contributed by atoms with Gasteiger partial charge in [-0.05, 0) is 53.4 Å². The summed E-state index contributed by atoms with van der Waals surface area (Å²) in [4.78, 5) is 13.8. The smallest absolute Gasteiger partial charge is 0.258 e. The van der Waals surface area contributed by atoms with Crippen LogP contribution in [0.15, 0.2) is 84.9 Å². The number of hydrogen-bond donors (Lipinski definition) is 2. The molecule has 0 aliphatic heterocycles. The van der Waals surface area contributed by atoms with Crippen LogP contribution in [-0.4, -0.2) is 17.0 Å². The van der Waals surface area contributed by atoms with Crippen molar-refractivity contribution >= 4 is 11.6 Å². The molecule has 5 heteroatoms. The fourth-order valence-electron chi connectivity index (χ4n) is 4.34. The first-order valence-electron chi connectivity index (χ1n) is 11.2. The highest BCUT2D eigenvalue weighted by atomic mass is 19.1. The molecule has 168 valence electrons. The maximum absolute atomic E-state index is 13.8. The Hall–Kier alpha value is -3.70. The van der Waals surface area contributed by atoms with E-state index >= 15 is 0 Å². The second kappa shape index (κ2) is 9.84. The van der Waals surface area contributed by atoms with E-state index in [2.05, 4.69) is 23.7 Å². The predicted molar refractivity (Wildman–Crippen MR) is 133 cm³/mol. The summed E-state index contributed by atoms with van der Waals surface area (Å²) in [6.45, 7) is 5.10. The normalized spacial score (nSPS) is 11.1. The number of aromatic nitrogens is 1. The SMILES string of the molecule is CC(C)c1c(C(=O)Nc2ccccc2)c(-c2ccccc2)c(-c2ccc(F)cc2)n1CCN. The highest BCUT2D eigenvalue weighted by Gasteiger charge is 2.30. The van der Waals surface area contributed by atoms with E-state index in [0.29, 0.717) is 18.7 Å². The van der Waals surface area contributed by atoms with Crippen molar-refractivity contribution in [3.8, 4) is 22.4 Å². The minimum absolute atomic E-state index is 0.0599. The number of carbonyl (C=O) groups is 1. The van der Waals surface area contributed by atoms with E-state index in [4.69, 9.17) is 5.73 Å². The van der Waals surface area contributed by atoms with Crippen LogP contribution in [0.5, 0.6) is 0 Å². The number of amides is 1. The Labute approximate surface area is 193 Å². The van der Waals surface area contributed by atoms with E-state index in [1.54, 1.807) is 12.1 Å². The molecule has 0 atom stereocenters. The first-order chi connectivity index (χ1) is 16.0. The number of benzene rings is 3. The third-order valence-corrected chi connectivity index (χ3v) is 5.64. The topological polar surface area (TPSA) is 60.0 Å².